The summed E-state index contributed by atoms with van der Waals surface area (Å²) in [5.74, 6) is -0.0739. The van der Waals surface area contributed by atoms with E-state index in [4.69, 9.17) is 23.7 Å². The summed E-state index contributed by atoms with van der Waals surface area (Å²) in [4.78, 5) is 15.2. The molecule has 0 saturated carbocycles. The van der Waals surface area contributed by atoms with Crippen molar-refractivity contribution in [3.63, 3.8) is 0 Å². The largest absolute Gasteiger partial charge is 0.394 e. The number of hydrogen-bond donors (Lipinski definition) is 9. The number of amides is 1. The van der Waals surface area contributed by atoms with Crippen LogP contribution in [0.2, 0.25) is 0 Å². The highest BCUT2D eigenvalue weighted by molar-refractivity contribution is 6.25. The number of nitrogens with zero attached hydrogens (tertiary/aromatic N) is 1. The number of hydrogen-bond acceptors (Lipinski definition) is 15. The van der Waals surface area contributed by atoms with E-state index in [0.717, 1.165) is 45.5 Å². The van der Waals surface area contributed by atoms with Crippen molar-refractivity contribution in [2.24, 2.45) is 0 Å². The molecule has 9 N–H and O–H groups in total. The van der Waals surface area contributed by atoms with Crippen LogP contribution in [-0.4, -0.2) is 165 Å². The number of carbonyl (C=O) groups excluding carboxylic acids is 1. The van der Waals surface area contributed by atoms with Crippen molar-refractivity contribution in [2.45, 2.75) is 99.5 Å². The second-order valence-corrected chi connectivity index (χ2v) is 14.7. The molecule has 300 valence electrons. The average molecular weight is 771 g/mol. The van der Waals surface area contributed by atoms with E-state index in [-0.39, 0.29) is 19.1 Å². The summed E-state index contributed by atoms with van der Waals surface area (Å²) in [6.07, 6.45) is -14.0. The minimum Gasteiger partial charge on any atom is -0.394 e. The molecule has 12 atom stereocenters. The number of morpholine rings is 1. The molecule has 0 bridgehead atoms. The van der Waals surface area contributed by atoms with Gasteiger partial charge in [-0.05, 0) is 52.4 Å². The molecule has 0 radical (unpaired) electrons. The lowest BCUT2D eigenvalue weighted by molar-refractivity contribution is -0.316. The Labute approximate surface area is 316 Å². The minimum atomic E-state index is -1.72. The van der Waals surface area contributed by atoms with Crippen LogP contribution >= 0.6 is 0 Å². The van der Waals surface area contributed by atoms with E-state index in [9.17, 15) is 45.6 Å². The Kier molecular flexibility index (Phi) is 12.8. The monoisotopic (exact) mass is 770 g/mol. The van der Waals surface area contributed by atoms with Gasteiger partial charge < -0.3 is 69.9 Å². The highest BCUT2D eigenvalue weighted by Gasteiger charge is 2.45. The molecule has 3 aliphatic heterocycles. The number of anilines is 1. The zero-order valence-corrected chi connectivity index (χ0v) is 30.2. The summed E-state index contributed by atoms with van der Waals surface area (Å²) >= 11 is 0. The van der Waals surface area contributed by atoms with Gasteiger partial charge in [-0.1, -0.05) is 55.0 Å². The topological polar surface area (TPSA) is 240 Å². The zero-order chi connectivity index (χ0) is 38.8. The predicted molar refractivity (Wildman–Crippen MR) is 197 cm³/mol. The van der Waals surface area contributed by atoms with Gasteiger partial charge in [-0.3, -0.25) is 9.69 Å². The van der Waals surface area contributed by atoms with Gasteiger partial charge in [-0.25, -0.2) is 0 Å². The zero-order valence-electron chi connectivity index (χ0n) is 30.2. The Morgan fingerprint density at radius 1 is 0.691 bits per heavy atom. The third kappa shape index (κ3) is 8.73. The molecule has 16 heteroatoms. The number of unbranched alkanes of at least 4 members (excludes halogenated alkanes) is 2. The Hall–Kier alpha value is -3.17. The third-order valence-corrected chi connectivity index (χ3v) is 10.8. The molecule has 16 nitrogen and oxygen atoms in total. The van der Waals surface area contributed by atoms with Crippen LogP contribution in [0.25, 0.3) is 32.3 Å². The summed E-state index contributed by atoms with van der Waals surface area (Å²) in [6, 6.07) is 18.6. The number of ether oxygens (including phenoxy) is 5. The van der Waals surface area contributed by atoms with Crippen molar-refractivity contribution in [3.8, 4) is 0 Å². The van der Waals surface area contributed by atoms with Crippen LogP contribution in [0, 0.1) is 0 Å². The van der Waals surface area contributed by atoms with Crippen molar-refractivity contribution < 1.29 is 69.3 Å². The normalized spacial score (nSPS) is 33.5. The van der Waals surface area contributed by atoms with E-state index >= 15 is 0 Å². The summed E-state index contributed by atoms with van der Waals surface area (Å²) in [5.41, 5.74) is 0.776. The Bertz CT molecular complexity index is 1870. The fraction of sp³-hybridized carbons (Fsp3) is 0.564. The fourth-order valence-corrected chi connectivity index (χ4v) is 7.77. The molecule has 0 aliphatic carbocycles. The van der Waals surface area contributed by atoms with Crippen LogP contribution in [0.1, 0.15) is 25.7 Å². The maximum absolute atomic E-state index is 13.1. The number of benzene rings is 4. The van der Waals surface area contributed by atoms with Gasteiger partial charge >= 0.3 is 0 Å². The van der Waals surface area contributed by atoms with Gasteiger partial charge in [0, 0.05) is 30.6 Å². The van der Waals surface area contributed by atoms with Crippen molar-refractivity contribution in [2.75, 3.05) is 44.8 Å². The minimum absolute atomic E-state index is 0.0739. The second kappa shape index (κ2) is 17.5. The first-order valence-corrected chi connectivity index (χ1v) is 18.8. The summed E-state index contributed by atoms with van der Waals surface area (Å²) in [6.45, 7) is 0.242. The van der Waals surface area contributed by atoms with Gasteiger partial charge in [-0.15, -0.1) is 0 Å². The average Bonchev–Trinajstić information content (AvgIpc) is 3.19. The number of rotatable bonds is 14. The van der Waals surface area contributed by atoms with E-state index in [0.29, 0.717) is 32.5 Å². The SMILES string of the molecule is O=C(CCCCCN1C[C@@H](CO[C@@H]2O[C@@H](CO)[C@H](O)[C@H](O)[C@H]2O)O[C@@H](OC[C@@H]2O[C@@H](O)[C@@H](O)[C@H](O)[C@H]2O)C1)Nc1ccc2ccc3cccc4ccc1c2c34. The van der Waals surface area contributed by atoms with Gasteiger partial charge in [0.15, 0.2) is 18.9 Å². The summed E-state index contributed by atoms with van der Waals surface area (Å²) in [5, 5.41) is 90.3. The van der Waals surface area contributed by atoms with Gasteiger partial charge in [-0.2, -0.15) is 0 Å². The summed E-state index contributed by atoms with van der Waals surface area (Å²) < 4.78 is 28.4. The molecule has 0 spiro atoms. The predicted octanol–water partition coefficient (Wildman–Crippen LogP) is -0.257. The molecule has 3 saturated heterocycles. The highest BCUT2D eigenvalue weighted by atomic mass is 16.7. The van der Waals surface area contributed by atoms with Gasteiger partial charge in [0.2, 0.25) is 5.91 Å². The van der Waals surface area contributed by atoms with Crippen LogP contribution in [-0.2, 0) is 28.5 Å². The van der Waals surface area contributed by atoms with Crippen molar-refractivity contribution in [3.05, 3.63) is 54.6 Å². The smallest absolute Gasteiger partial charge is 0.224 e. The number of nitrogens with one attached hydrogen (secondary N) is 1. The quantitative estimate of drug-likeness (QED) is 0.0593. The molecule has 0 unspecified atom stereocenters. The number of aliphatic hydroxyl groups excluding tert-OH is 8. The highest BCUT2D eigenvalue weighted by Crippen LogP contribution is 2.37. The molecule has 7 rings (SSSR count). The first kappa shape index (κ1) is 40.0. The molecule has 4 aromatic rings. The molecule has 4 aromatic carbocycles. The standard InChI is InChI=1S/C39H50N2O14/c42-17-26-32(44)35(47)37(49)39(55-26)52-18-23-15-41(16-29(53-23)51-19-27-33(45)34(46)36(48)38(50)54-27)14-3-1-2-7-28(43)40-25-13-11-22-9-8-20-5-4-6-21-10-12-24(25)31(22)30(20)21/h4-6,8-13,23,26-27,29,32-39,42,44-50H,1-3,7,14-19H2,(H,40,43)/t23-,26-,27-,29+,32-,33-,34+,35-,36-,37+,38+,39+/m0/s1. The number of carbonyl (C=O) groups is 1. The Morgan fingerprint density at radius 3 is 2.15 bits per heavy atom. The van der Waals surface area contributed by atoms with Crippen molar-refractivity contribution in [1.29, 1.82) is 0 Å². The number of aliphatic hydroxyl groups is 8. The fourth-order valence-electron chi connectivity index (χ4n) is 7.77. The molecule has 3 aliphatic rings. The maximum atomic E-state index is 13.1. The Balaban J connectivity index is 0.924. The first-order chi connectivity index (χ1) is 26.5. The Morgan fingerprint density at radius 2 is 1.38 bits per heavy atom. The van der Waals surface area contributed by atoms with E-state index in [1.165, 1.54) is 5.39 Å². The molecular formula is C39H50N2O14. The third-order valence-electron chi connectivity index (χ3n) is 10.8. The molecule has 55 heavy (non-hydrogen) atoms. The molecule has 0 aromatic heterocycles. The van der Waals surface area contributed by atoms with Crippen LogP contribution in [0.4, 0.5) is 5.69 Å². The van der Waals surface area contributed by atoms with Crippen LogP contribution in [0.3, 0.4) is 0 Å². The van der Waals surface area contributed by atoms with E-state index < -0.39 is 80.4 Å². The molecule has 1 amide bonds. The van der Waals surface area contributed by atoms with Crippen LogP contribution < -0.4 is 5.32 Å². The van der Waals surface area contributed by atoms with E-state index in [1.54, 1.807) is 0 Å². The van der Waals surface area contributed by atoms with E-state index in [1.807, 2.05) is 18.2 Å². The lowest BCUT2D eigenvalue weighted by atomic mass is 9.93. The second-order valence-electron chi connectivity index (χ2n) is 14.7. The maximum Gasteiger partial charge on any atom is 0.224 e. The molecule has 3 heterocycles. The van der Waals surface area contributed by atoms with Gasteiger partial charge in [0.25, 0.3) is 0 Å². The molecular weight excluding hydrogens is 720 g/mol. The van der Waals surface area contributed by atoms with Crippen LogP contribution in [0.15, 0.2) is 54.6 Å². The molecule has 3 fully saturated rings. The van der Waals surface area contributed by atoms with Crippen molar-refractivity contribution in [1.82, 2.24) is 4.90 Å². The van der Waals surface area contributed by atoms with Crippen molar-refractivity contribution >= 4 is 43.9 Å². The van der Waals surface area contributed by atoms with Crippen LogP contribution in [0.5, 0.6) is 0 Å². The first-order valence-electron chi connectivity index (χ1n) is 18.8. The van der Waals surface area contributed by atoms with E-state index in [2.05, 4.69) is 46.6 Å². The lowest BCUT2D eigenvalue weighted by Crippen LogP contribution is -2.60. The van der Waals surface area contributed by atoms with Gasteiger partial charge in [0.1, 0.15) is 48.8 Å². The summed E-state index contributed by atoms with van der Waals surface area (Å²) in [7, 11) is 0. The van der Waals surface area contributed by atoms with Gasteiger partial charge in [0.05, 0.1) is 25.9 Å². The lowest BCUT2D eigenvalue weighted by Gasteiger charge is -2.42.